The summed E-state index contributed by atoms with van der Waals surface area (Å²) in [5.74, 6) is 0.404. The van der Waals surface area contributed by atoms with E-state index < -0.39 is 11.7 Å². The number of halogens is 3. The van der Waals surface area contributed by atoms with Crippen LogP contribution >= 0.6 is 0 Å². The number of benzene rings is 1. The summed E-state index contributed by atoms with van der Waals surface area (Å²) in [4.78, 5) is 7.71. The molecule has 9 heteroatoms. The van der Waals surface area contributed by atoms with Crippen LogP contribution in [0.1, 0.15) is 5.56 Å². The van der Waals surface area contributed by atoms with Crippen LogP contribution in [0.25, 0.3) is 0 Å². The maximum atomic E-state index is 12.8. The Bertz CT molecular complexity index is 649. The molecule has 6 nitrogen and oxygen atoms in total. The van der Waals surface area contributed by atoms with E-state index in [9.17, 15) is 13.2 Å². The zero-order valence-electron chi connectivity index (χ0n) is 11.5. The zero-order chi connectivity index (χ0) is 15.7. The van der Waals surface area contributed by atoms with Crippen molar-refractivity contribution < 1.29 is 17.7 Å². The summed E-state index contributed by atoms with van der Waals surface area (Å²) in [6.07, 6.45) is -4.33. The van der Waals surface area contributed by atoms with Crippen molar-refractivity contribution in [3.8, 4) is 0 Å². The molecule has 3 rings (SSSR count). The average molecular weight is 313 g/mol. The third-order valence-corrected chi connectivity index (χ3v) is 3.53. The minimum atomic E-state index is -4.33. The Morgan fingerprint density at radius 2 is 1.77 bits per heavy atom. The topological polar surface area (TPSA) is 71.4 Å². The number of anilines is 3. The number of nitrogens with two attached hydrogens (primary N) is 1. The number of rotatable bonds is 2. The van der Waals surface area contributed by atoms with Gasteiger partial charge in [-0.25, -0.2) is 0 Å². The summed E-state index contributed by atoms with van der Waals surface area (Å²) >= 11 is 0. The lowest BCUT2D eigenvalue weighted by Crippen LogP contribution is -2.47. The molecule has 0 radical (unpaired) electrons. The first-order chi connectivity index (χ1) is 10.4. The largest absolute Gasteiger partial charge is 0.416 e. The van der Waals surface area contributed by atoms with Crippen molar-refractivity contribution in [1.29, 1.82) is 0 Å². The van der Waals surface area contributed by atoms with Crippen LogP contribution in [0.5, 0.6) is 0 Å². The molecule has 0 saturated carbocycles. The fraction of sp³-hybridized carbons (Fsp3) is 0.385. The van der Waals surface area contributed by atoms with E-state index in [4.69, 9.17) is 10.3 Å². The van der Waals surface area contributed by atoms with Crippen molar-refractivity contribution in [3.05, 3.63) is 29.8 Å². The Morgan fingerprint density at radius 1 is 1.09 bits per heavy atom. The van der Waals surface area contributed by atoms with E-state index in [1.807, 2.05) is 9.80 Å². The minimum Gasteiger partial charge on any atom is -0.368 e. The van der Waals surface area contributed by atoms with Crippen molar-refractivity contribution in [2.24, 2.45) is 0 Å². The summed E-state index contributed by atoms with van der Waals surface area (Å²) in [7, 11) is 0. The Morgan fingerprint density at radius 3 is 2.36 bits per heavy atom. The van der Waals surface area contributed by atoms with Gasteiger partial charge in [0, 0.05) is 31.9 Å². The molecule has 2 N–H and O–H groups in total. The van der Waals surface area contributed by atoms with E-state index >= 15 is 0 Å². The summed E-state index contributed by atoms with van der Waals surface area (Å²) < 4.78 is 43.0. The Labute approximate surface area is 124 Å². The monoisotopic (exact) mass is 313 g/mol. The molecule has 1 fully saturated rings. The van der Waals surface area contributed by atoms with E-state index in [0.717, 1.165) is 6.07 Å². The van der Waals surface area contributed by atoms with Crippen LogP contribution in [0, 0.1) is 0 Å². The summed E-state index contributed by atoms with van der Waals surface area (Å²) in [6.45, 7) is 2.29. The predicted octanol–water partition coefficient (Wildman–Crippen LogP) is 2.00. The Balaban J connectivity index is 1.69. The highest BCUT2D eigenvalue weighted by Gasteiger charge is 2.31. The van der Waals surface area contributed by atoms with E-state index in [2.05, 4.69) is 10.1 Å². The van der Waals surface area contributed by atoms with Gasteiger partial charge in [0.1, 0.15) is 0 Å². The Hall–Kier alpha value is -2.45. The molecule has 0 unspecified atom stereocenters. The lowest BCUT2D eigenvalue weighted by atomic mass is 10.1. The molecular weight excluding hydrogens is 299 g/mol. The summed E-state index contributed by atoms with van der Waals surface area (Å²) in [5.41, 5.74) is 5.29. The van der Waals surface area contributed by atoms with E-state index in [-0.39, 0.29) is 6.01 Å². The first-order valence-corrected chi connectivity index (χ1v) is 6.70. The molecule has 1 aliphatic rings. The van der Waals surface area contributed by atoms with Crippen molar-refractivity contribution >= 4 is 17.7 Å². The first kappa shape index (κ1) is 14.5. The van der Waals surface area contributed by atoms with E-state index in [1.165, 1.54) is 12.1 Å². The summed E-state index contributed by atoms with van der Waals surface area (Å²) in [6, 6.07) is 5.33. The van der Waals surface area contributed by atoms with Crippen molar-refractivity contribution in [3.63, 3.8) is 0 Å². The van der Waals surface area contributed by atoms with Gasteiger partial charge in [-0.1, -0.05) is 6.07 Å². The van der Waals surface area contributed by atoms with Crippen LogP contribution in [0.15, 0.2) is 28.8 Å². The van der Waals surface area contributed by atoms with Gasteiger partial charge in [-0.3, -0.25) is 0 Å². The molecule has 0 bridgehead atoms. The first-order valence-electron chi connectivity index (χ1n) is 6.70. The fourth-order valence-corrected chi connectivity index (χ4v) is 2.40. The molecule has 2 aromatic rings. The molecule has 0 spiro atoms. The highest BCUT2D eigenvalue weighted by Crippen LogP contribution is 2.32. The second-order valence-corrected chi connectivity index (χ2v) is 4.95. The van der Waals surface area contributed by atoms with Gasteiger partial charge < -0.3 is 20.1 Å². The van der Waals surface area contributed by atoms with Crippen LogP contribution in [-0.2, 0) is 6.18 Å². The third-order valence-electron chi connectivity index (χ3n) is 3.53. The predicted molar refractivity (Wildman–Crippen MR) is 74.6 cm³/mol. The van der Waals surface area contributed by atoms with Crippen molar-refractivity contribution in [1.82, 2.24) is 10.1 Å². The van der Waals surface area contributed by atoms with E-state index in [0.29, 0.717) is 37.8 Å². The molecule has 0 aliphatic carbocycles. The van der Waals surface area contributed by atoms with Gasteiger partial charge in [-0.05, 0) is 23.4 Å². The smallest absolute Gasteiger partial charge is 0.368 e. The standard InChI is InChI=1S/C13H14F3N5O/c14-13(15,16)9-2-1-3-10(8-9)20-4-6-21(7-5-20)12-18-11(17)22-19-12/h1-3,8H,4-7H2,(H2,17,18,19). The number of piperazine rings is 1. The SMILES string of the molecule is Nc1nc(N2CCN(c3cccc(C(F)(F)F)c3)CC2)no1. The molecule has 2 heterocycles. The molecular formula is C13H14F3N5O. The second-order valence-electron chi connectivity index (χ2n) is 4.95. The lowest BCUT2D eigenvalue weighted by molar-refractivity contribution is -0.137. The molecule has 1 aromatic heterocycles. The molecule has 0 amide bonds. The lowest BCUT2D eigenvalue weighted by Gasteiger charge is -2.35. The van der Waals surface area contributed by atoms with E-state index in [1.54, 1.807) is 6.07 Å². The van der Waals surface area contributed by atoms with Gasteiger partial charge in [0.05, 0.1) is 5.56 Å². The molecule has 1 aliphatic heterocycles. The molecule has 0 atom stereocenters. The van der Waals surface area contributed by atoms with Crippen LogP contribution in [-0.4, -0.2) is 36.3 Å². The number of nitrogens with zero attached hydrogens (tertiary/aromatic N) is 4. The number of nitrogen functional groups attached to an aromatic ring is 1. The Kier molecular flexibility index (Phi) is 3.55. The zero-order valence-corrected chi connectivity index (χ0v) is 11.5. The maximum absolute atomic E-state index is 12.8. The second kappa shape index (κ2) is 5.39. The van der Waals surface area contributed by atoms with Gasteiger partial charge in [-0.2, -0.15) is 18.2 Å². The molecule has 1 aromatic carbocycles. The maximum Gasteiger partial charge on any atom is 0.416 e. The highest BCUT2D eigenvalue weighted by molar-refractivity contribution is 5.51. The fourth-order valence-electron chi connectivity index (χ4n) is 2.40. The van der Waals surface area contributed by atoms with Gasteiger partial charge in [0.15, 0.2) is 0 Å². The number of alkyl halides is 3. The van der Waals surface area contributed by atoms with Gasteiger partial charge in [-0.15, -0.1) is 0 Å². The van der Waals surface area contributed by atoms with Gasteiger partial charge >= 0.3 is 12.2 Å². The molecule has 22 heavy (non-hydrogen) atoms. The van der Waals surface area contributed by atoms with Gasteiger partial charge in [0.2, 0.25) is 0 Å². The average Bonchev–Trinajstić information content (AvgIpc) is 2.93. The normalized spacial score (nSPS) is 16.1. The van der Waals surface area contributed by atoms with Crippen LogP contribution in [0.4, 0.5) is 30.8 Å². The third kappa shape index (κ3) is 2.92. The van der Waals surface area contributed by atoms with Gasteiger partial charge in [0.25, 0.3) is 5.95 Å². The molecule has 118 valence electrons. The highest BCUT2D eigenvalue weighted by atomic mass is 19.4. The van der Waals surface area contributed by atoms with Crippen molar-refractivity contribution in [2.45, 2.75) is 6.18 Å². The van der Waals surface area contributed by atoms with Crippen molar-refractivity contribution in [2.75, 3.05) is 41.7 Å². The number of aromatic nitrogens is 2. The van der Waals surface area contributed by atoms with Crippen LogP contribution in [0.2, 0.25) is 0 Å². The molecule has 1 saturated heterocycles. The quantitative estimate of drug-likeness (QED) is 0.914. The number of hydrogen-bond donors (Lipinski definition) is 1. The summed E-state index contributed by atoms with van der Waals surface area (Å²) in [5, 5.41) is 3.73. The number of hydrogen-bond acceptors (Lipinski definition) is 6. The van der Waals surface area contributed by atoms with Crippen LogP contribution < -0.4 is 15.5 Å². The minimum absolute atomic E-state index is 0.00434. The van der Waals surface area contributed by atoms with Crippen LogP contribution in [0.3, 0.4) is 0 Å².